The number of nitro groups is 2. The monoisotopic (exact) mass is 502 g/mol. The summed E-state index contributed by atoms with van der Waals surface area (Å²) in [7, 11) is 0. The number of carbonyl (C=O) groups excluding carboxylic acids is 2. The molecule has 0 aliphatic carbocycles. The van der Waals surface area contributed by atoms with Crippen LogP contribution in [0.25, 0.3) is 0 Å². The van der Waals surface area contributed by atoms with Gasteiger partial charge in [0.25, 0.3) is 23.2 Å². The maximum absolute atomic E-state index is 13.1. The summed E-state index contributed by atoms with van der Waals surface area (Å²) in [5.74, 6) is -0.748. The van der Waals surface area contributed by atoms with Gasteiger partial charge in [0.1, 0.15) is 10.7 Å². The Morgan fingerprint density at radius 3 is 1.77 bits per heavy atom. The van der Waals surface area contributed by atoms with Crippen molar-refractivity contribution in [1.29, 1.82) is 0 Å². The number of anilines is 1. The summed E-state index contributed by atoms with van der Waals surface area (Å²) >= 11 is 5.82. The molecule has 2 amide bonds. The minimum atomic E-state index is -0.650. The van der Waals surface area contributed by atoms with Crippen LogP contribution in [0.2, 0.25) is 5.02 Å². The van der Waals surface area contributed by atoms with Gasteiger partial charge in [0.05, 0.1) is 9.85 Å². The van der Waals surface area contributed by atoms with Crippen LogP contribution in [0, 0.1) is 20.2 Å². The Kier molecular flexibility index (Phi) is 7.12. The van der Waals surface area contributed by atoms with E-state index in [-0.39, 0.29) is 59.6 Å². The first-order valence-electron chi connectivity index (χ1n) is 11.0. The smallest absolute Gasteiger partial charge is 0.293 e. The molecule has 2 aromatic carbocycles. The van der Waals surface area contributed by atoms with E-state index in [2.05, 4.69) is 5.32 Å². The SMILES string of the molecule is O=C(c1ccc(Cl)c([N+](=O)[O-])c1)N1CCN(C(=O)c2ccc(N3CCNCC3)c([N+](=O)[O-])c2)CC1. The molecule has 12 nitrogen and oxygen atoms in total. The number of nitro benzene ring substituents is 2. The van der Waals surface area contributed by atoms with Gasteiger partial charge in [-0.15, -0.1) is 0 Å². The first-order valence-corrected chi connectivity index (χ1v) is 11.4. The number of nitrogens with zero attached hydrogens (tertiary/aromatic N) is 5. The van der Waals surface area contributed by atoms with E-state index in [0.717, 1.165) is 19.2 Å². The van der Waals surface area contributed by atoms with Crippen molar-refractivity contribution in [3.63, 3.8) is 0 Å². The van der Waals surface area contributed by atoms with Gasteiger partial charge in [-0.05, 0) is 24.3 Å². The number of rotatable bonds is 5. The van der Waals surface area contributed by atoms with Crippen molar-refractivity contribution in [2.24, 2.45) is 0 Å². The molecule has 184 valence electrons. The zero-order valence-corrected chi connectivity index (χ0v) is 19.4. The van der Waals surface area contributed by atoms with Gasteiger partial charge in [0, 0.05) is 75.6 Å². The summed E-state index contributed by atoms with van der Waals surface area (Å²) in [6.45, 7) is 3.64. The van der Waals surface area contributed by atoms with E-state index in [1.165, 1.54) is 28.0 Å². The molecule has 0 radical (unpaired) electrons. The number of nitrogens with one attached hydrogen (secondary N) is 1. The molecule has 0 aromatic heterocycles. The number of hydrogen-bond acceptors (Lipinski definition) is 8. The maximum atomic E-state index is 13.1. The number of halogens is 1. The molecule has 4 rings (SSSR count). The predicted molar refractivity (Wildman–Crippen MR) is 128 cm³/mol. The van der Waals surface area contributed by atoms with E-state index in [1.807, 2.05) is 4.90 Å². The highest BCUT2D eigenvalue weighted by atomic mass is 35.5. The van der Waals surface area contributed by atoms with Gasteiger partial charge >= 0.3 is 0 Å². The second kappa shape index (κ2) is 10.2. The lowest BCUT2D eigenvalue weighted by molar-refractivity contribution is -0.384. The summed E-state index contributed by atoms with van der Waals surface area (Å²) < 4.78 is 0. The molecule has 0 saturated carbocycles. The van der Waals surface area contributed by atoms with E-state index >= 15 is 0 Å². The molecule has 13 heteroatoms. The fraction of sp³-hybridized carbons (Fsp3) is 0.364. The number of hydrogen-bond donors (Lipinski definition) is 1. The van der Waals surface area contributed by atoms with Crippen molar-refractivity contribution in [3.8, 4) is 0 Å². The van der Waals surface area contributed by atoms with Crippen LogP contribution in [0.1, 0.15) is 20.7 Å². The van der Waals surface area contributed by atoms with Gasteiger partial charge in [-0.3, -0.25) is 29.8 Å². The van der Waals surface area contributed by atoms with Crippen LogP contribution < -0.4 is 10.2 Å². The van der Waals surface area contributed by atoms with E-state index in [1.54, 1.807) is 12.1 Å². The topological polar surface area (TPSA) is 142 Å². The van der Waals surface area contributed by atoms with Gasteiger partial charge in [-0.2, -0.15) is 0 Å². The third-order valence-electron chi connectivity index (χ3n) is 6.12. The van der Waals surface area contributed by atoms with Crippen LogP contribution in [0.4, 0.5) is 17.1 Å². The average Bonchev–Trinajstić information content (AvgIpc) is 2.88. The van der Waals surface area contributed by atoms with E-state index in [0.29, 0.717) is 18.8 Å². The number of amides is 2. The molecule has 0 bridgehead atoms. The van der Waals surface area contributed by atoms with E-state index in [4.69, 9.17) is 11.6 Å². The lowest BCUT2D eigenvalue weighted by Crippen LogP contribution is -2.50. The summed E-state index contributed by atoms with van der Waals surface area (Å²) in [5.41, 5.74) is 0.372. The van der Waals surface area contributed by atoms with Gasteiger partial charge < -0.3 is 20.0 Å². The quantitative estimate of drug-likeness (QED) is 0.484. The van der Waals surface area contributed by atoms with Crippen LogP contribution in [0.15, 0.2) is 36.4 Å². The van der Waals surface area contributed by atoms with Crippen LogP contribution in [-0.2, 0) is 0 Å². The molecule has 2 aliphatic heterocycles. The standard InChI is InChI=1S/C22H23ClN6O6/c23-17-3-1-15(13-19(17)28(32)33)21(30)26-9-11-27(12-10-26)22(31)16-2-4-18(20(14-16)29(34)35)25-7-5-24-6-8-25/h1-4,13-14,24H,5-12H2. The second-order valence-electron chi connectivity index (χ2n) is 8.21. The Balaban J connectivity index is 1.44. The fourth-order valence-electron chi connectivity index (χ4n) is 4.24. The molecule has 35 heavy (non-hydrogen) atoms. The molecule has 1 N–H and O–H groups in total. The highest BCUT2D eigenvalue weighted by Gasteiger charge is 2.29. The van der Waals surface area contributed by atoms with Crippen molar-refractivity contribution in [2.45, 2.75) is 0 Å². The minimum Gasteiger partial charge on any atom is -0.363 e. The zero-order chi connectivity index (χ0) is 25.1. The summed E-state index contributed by atoms with van der Waals surface area (Å²) in [4.78, 5) is 52.5. The zero-order valence-electron chi connectivity index (χ0n) is 18.7. The summed E-state index contributed by atoms with van der Waals surface area (Å²) in [6, 6.07) is 8.39. The summed E-state index contributed by atoms with van der Waals surface area (Å²) in [5, 5.41) is 26.0. The van der Waals surface area contributed by atoms with Crippen LogP contribution in [-0.4, -0.2) is 83.8 Å². The molecule has 0 unspecified atom stereocenters. The first kappa shape index (κ1) is 24.4. The van der Waals surface area contributed by atoms with Crippen molar-refractivity contribution in [1.82, 2.24) is 15.1 Å². The Bertz CT molecular complexity index is 1180. The van der Waals surface area contributed by atoms with Crippen molar-refractivity contribution in [3.05, 3.63) is 72.8 Å². The molecule has 2 saturated heterocycles. The average molecular weight is 503 g/mol. The lowest BCUT2D eigenvalue weighted by atomic mass is 10.1. The maximum Gasteiger partial charge on any atom is 0.293 e. The summed E-state index contributed by atoms with van der Waals surface area (Å²) in [6.07, 6.45) is 0. The molecule has 2 fully saturated rings. The van der Waals surface area contributed by atoms with Gasteiger partial charge in [-0.25, -0.2) is 0 Å². The molecule has 2 aromatic rings. The van der Waals surface area contributed by atoms with Gasteiger partial charge in [-0.1, -0.05) is 11.6 Å². The molecule has 0 atom stereocenters. The third kappa shape index (κ3) is 5.17. The number of carbonyl (C=O) groups is 2. The Morgan fingerprint density at radius 2 is 1.26 bits per heavy atom. The highest BCUT2D eigenvalue weighted by molar-refractivity contribution is 6.32. The lowest BCUT2D eigenvalue weighted by Gasteiger charge is -2.35. The Labute approximate surface area is 205 Å². The van der Waals surface area contributed by atoms with Crippen molar-refractivity contribution >= 4 is 40.5 Å². The minimum absolute atomic E-state index is 0.0565. The van der Waals surface area contributed by atoms with Crippen LogP contribution >= 0.6 is 11.6 Å². The molecular weight excluding hydrogens is 480 g/mol. The molecular formula is C22H23ClN6O6. The molecule has 2 aliphatic rings. The second-order valence-corrected chi connectivity index (χ2v) is 8.61. The van der Waals surface area contributed by atoms with Crippen LogP contribution in [0.3, 0.4) is 0 Å². The third-order valence-corrected chi connectivity index (χ3v) is 6.44. The predicted octanol–water partition coefficient (Wildman–Crippen LogP) is 2.16. The normalized spacial score (nSPS) is 16.2. The number of benzene rings is 2. The highest BCUT2D eigenvalue weighted by Crippen LogP contribution is 2.30. The van der Waals surface area contributed by atoms with Crippen molar-refractivity contribution < 1.29 is 19.4 Å². The van der Waals surface area contributed by atoms with Crippen LogP contribution in [0.5, 0.6) is 0 Å². The van der Waals surface area contributed by atoms with E-state index in [9.17, 15) is 29.8 Å². The Hall–Kier alpha value is -3.77. The van der Waals surface area contributed by atoms with E-state index < -0.39 is 15.8 Å². The Morgan fingerprint density at radius 1 is 0.771 bits per heavy atom. The van der Waals surface area contributed by atoms with Gasteiger partial charge in [0.2, 0.25) is 0 Å². The van der Waals surface area contributed by atoms with Crippen molar-refractivity contribution in [2.75, 3.05) is 57.3 Å². The van der Waals surface area contributed by atoms with Gasteiger partial charge in [0.15, 0.2) is 0 Å². The largest absolute Gasteiger partial charge is 0.363 e. The first-order chi connectivity index (χ1) is 16.8. The molecule has 0 spiro atoms. The number of piperazine rings is 2. The molecule has 2 heterocycles. The fourth-order valence-corrected chi connectivity index (χ4v) is 4.43.